The number of aliphatic imine (C=N–C) groups is 1. The molecular formula is C9H11BrN2O4. The third-order valence-electron chi connectivity index (χ3n) is 1.39. The standard InChI is InChI=1S/C9H11BrN2O4/c1-6(10)5-7(11-2)12(8(13)15-3)9(14)16-4/h5H,1-2H2,3-4H3/b7-5+. The van der Waals surface area contributed by atoms with Crippen molar-refractivity contribution in [3.8, 4) is 0 Å². The highest BCUT2D eigenvalue weighted by molar-refractivity contribution is 9.11. The van der Waals surface area contributed by atoms with Crippen LogP contribution in [-0.2, 0) is 9.47 Å². The second-order valence-electron chi connectivity index (χ2n) is 2.38. The van der Waals surface area contributed by atoms with E-state index in [-0.39, 0.29) is 5.82 Å². The lowest BCUT2D eigenvalue weighted by molar-refractivity contribution is 0.109. The molecule has 0 saturated heterocycles. The van der Waals surface area contributed by atoms with E-state index in [2.05, 4.69) is 43.7 Å². The Morgan fingerprint density at radius 2 is 1.75 bits per heavy atom. The molecule has 0 aliphatic heterocycles. The molecule has 0 aromatic carbocycles. The summed E-state index contributed by atoms with van der Waals surface area (Å²) in [5, 5.41) is 0. The molecule has 0 aliphatic rings. The van der Waals surface area contributed by atoms with Gasteiger partial charge in [0.05, 0.1) is 14.2 Å². The normalized spacial score (nSPS) is 10.3. The van der Waals surface area contributed by atoms with Crippen LogP contribution in [0, 0.1) is 0 Å². The Bertz CT molecular complexity index is 335. The molecular weight excluding hydrogens is 280 g/mol. The molecule has 2 amide bonds. The number of carbonyl (C=O) groups is 2. The number of rotatable bonds is 3. The minimum Gasteiger partial charge on any atom is -0.452 e. The van der Waals surface area contributed by atoms with Gasteiger partial charge in [-0.15, -0.1) is 0 Å². The Morgan fingerprint density at radius 3 is 2.00 bits per heavy atom. The molecule has 0 rings (SSSR count). The summed E-state index contributed by atoms with van der Waals surface area (Å²) in [5.74, 6) is -0.0550. The van der Waals surface area contributed by atoms with Crippen LogP contribution in [-0.4, -0.2) is 38.0 Å². The molecule has 0 atom stereocenters. The lowest BCUT2D eigenvalue weighted by atomic mass is 10.5. The van der Waals surface area contributed by atoms with Gasteiger partial charge >= 0.3 is 12.2 Å². The van der Waals surface area contributed by atoms with Crippen LogP contribution >= 0.6 is 15.9 Å². The Morgan fingerprint density at radius 1 is 1.31 bits per heavy atom. The van der Waals surface area contributed by atoms with Crippen LogP contribution in [0.4, 0.5) is 9.59 Å². The van der Waals surface area contributed by atoms with Gasteiger partial charge in [-0.1, -0.05) is 22.5 Å². The van der Waals surface area contributed by atoms with E-state index in [1.807, 2.05) is 0 Å². The van der Waals surface area contributed by atoms with E-state index < -0.39 is 12.2 Å². The van der Waals surface area contributed by atoms with Crippen molar-refractivity contribution in [2.45, 2.75) is 0 Å². The average molecular weight is 291 g/mol. The van der Waals surface area contributed by atoms with Crippen molar-refractivity contribution in [1.82, 2.24) is 4.90 Å². The minimum absolute atomic E-state index is 0.0550. The van der Waals surface area contributed by atoms with Gasteiger partial charge in [0.1, 0.15) is 5.82 Å². The van der Waals surface area contributed by atoms with Crippen molar-refractivity contribution in [2.75, 3.05) is 14.2 Å². The second-order valence-corrected chi connectivity index (χ2v) is 3.40. The molecule has 0 aliphatic carbocycles. The molecule has 0 aromatic heterocycles. The van der Waals surface area contributed by atoms with Gasteiger partial charge in [-0.25, -0.2) is 14.6 Å². The molecule has 0 unspecified atom stereocenters. The SMILES string of the molecule is C=N/C(=C\C(=C)Br)N(C(=O)OC)C(=O)OC. The third kappa shape index (κ3) is 3.85. The van der Waals surface area contributed by atoms with Crippen molar-refractivity contribution >= 4 is 34.8 Å². The van der Waals surface area contributed by atoms with Gasteiger partial charge in [-0.05, 0) is 12.8 Å². The number of halogens is 1. The molecule has 88 valence electrons. The molecule has 6 nitrogen and oxygen atoms in total. The Balaban J connectivity index is 5.30. The van der Waals surface area contributed by atoms with Crippen LogP contribution in [0.15, 0.2) is 28.0 Å². The summed E-state index contributed by atoms with van der Waals surface area (Å²) in [6.45, 7) is 6.75. The van der Waals surface area contributed by atoms with E-state index in [1.165, 1.54) is 6.08 Å². The number of carbonyl (C=O) groups excluding carboxylic acids is 2. The molecule has 0 aromatic rings. The maximum absolute atomic E-state index is 11.3. The van der Waals surface area contributed by atoms with E-state index in [0.29, 0.717) is 9.38 Å². The van der Waals surface area contributed by atoms with Crippen LogP contribution in [0.3, 0.4) is 0 Å². The molecule has 16 heavy (non-hydrogen) atoms. The smallest absolute Gasteiger partial charge is 0.424 e. The van der Waals surface area contributed by atoms with Crippen molar-refractivity contribution in [2.24, 2.45) is 4.99 Å². The highest BCUT2D eigenvalue weighted by Crippen LogP contribution is 2.14. The van der Waals surface area contributed by atoms with Gasteiger partial charge < -0.3 is 9.47 Å². The zero-order chi connectivity index (χ0) is 12.7. The first-order chi connectivity index (χ1) is 7.47. The van der Waals surface area contributed by atoms with Gasteiger partial charge in [0.2, 0.25) is 0 Å². The molecule has 0 saturated carbocycles. The zero-order valence-corrected chi connectivity index (χ0v) is 10.5. The van der Waals surface area contributed by atoms with Crippen LogP contribution in [0.2, 0.25) is 0 Å². The first-order valence-electron chi connectivity index (χ1n) is 3.96. The second kappa shape index (κ2) is 6.78. The summed E-state index contributed by atoms with van der Waals surface area (Å²) >= 11 is 3.04. The topological polar surface area (TPSA) is 68.2 Å². The molecule has 0 heterocycles. The van der Waals surface area contributed by atoms with Crippen LogP contribution in [0.25, 0.3) is 0 Å². The highest BCUT2D eigenvalue weighted by Gasteiger charge is 2.26. The highest BCUT2D eigenvalue weighted by atomic mass is 79.9. The summed E-state index contributed by atoms with van der Waals surface area (Å²) in [6.07, 6.45) is -0.542. The number of hydrogen-bond acceptors (Lipinski definition) is 5. The van der Waals surface area contributed by atoms with E-state index in [4.69, 9.17) is 0 Å². The summed E-state index contributed by atoms with van der Waals surface area (Å²) in [6, 6.07) is 0. The summed E-state index contributed by atoms with van der Waals surface area (Å²) < 4.78 is 9.23. The largest absolute Gasteiger partial charge is 0.452 e. The molecule has 0 spiro atoms. The van der Waals surface area contributed by atoms with Gasteiger partial charge in [0, 0.05) is 4.48 Å². The number of allylic oxidation sites excluding steroid dienone is 2. The van der Waals surface area contributed by atoms with Gasteiger partial charge in [-0.2, -0.15) is 4.90 Å². The fourth-order valence-corrected chi connectivity index (χ4v) is 0.970. The Kier molecular flexibility index (Phi) is 6.09. The number of hydrogen-bond donors (Lipinski definition) is 0. The number of methoxy groups -OCH3 is 2. The lowest BCUT2D eigenvalue weighted by Crippen LogP contribution is -2.35. The number of ether oxygens (including phenoxy) is 2. The summed E-state index contributed by atoms with van der Waals surface area (Å²) in [4.78, 5) is 26.7. The van der Waals surface area contributed by atoms with Gasteiger partial charge in [0.15, 0.2) is 0 Å². The third-order valence-corrected chi connectivity index (χ3v) is 1.62. The summed E-state index contributed by atoms with van der Waals surface area (Å²) in [7, 11) is 2.25. The van der Waals surface area contributed by atoms with Crippen molar-refractivity contribution < 1.29 is 19.1 Å². The predicted molar refractivity (Wildman–Crippen MR) is 62.3 cm³/mol. The Labute approximate surface area is 101 Å². The van der Waals surface area contributed by atoms with E-state index >= 15 is 0 Å². The Hall–Kier alpha value is -1.63. The van der Waals surface area contributed by atoms with Crippen molar-refractivity contribution in [3.63, 3.8) is 0 Å². The molecule has 7 heteroatoms. The first kappa shape index (κ1) is 14.4. The molecule has 0 N–H and O–H groups in total. The van der Waals surface area contributed by atoms with Gasteiger partial charge in [-0.3, -0.25) is 0 Å². The van der Waals surface area contributed by atoms with Crippen LogP contribution in [0.5, 0.6) is 0 Å². The quantitative estimate of drug-likeness (QED) is 0.591. The van der Waals surface area contributed by atoms with E-state index in [1.54, 1.807) is 0 Å². The summed E-state index contributed by atoms with van der Waals surface area (Å²) in [5.41, 5.74) is 0. The number of imide groups is 1. The fraction of sp³-hybridized carbons (Fsp3) is 0.222. The average Bonchev–Trinajstić information content (AvgIpc) is 2.26. The van der Waals surface area contributed by atoms with Crippen LogP contribution < -0.4 is 0 Å². The predicted octanol–water partition coefficient (Wildman–Crippen LogP) is 2.27. The molecule has 0 bridgehead atoms. The number of nitrogens with zero attached hydrogens (tertiary/aromatic N) is 2. The fourth-order valence-electron chi connectivity index (χ4n) is 0.765. The maximum atomic E-state index is 11.3. The molecule has 0 radical (unpaired) electrons. The van der Waals surface area contributed by atoms with E-state index in [0.717, 1.165) is 14.2 Å². The van der Waals surface area contributed by atoms with Crippen molar-refractivity contribution in [1.29, 1.82) is 0 Å². The zero-order valence-electron chi connectivity index (χ0n) is 8.90. The first-order valence-corrected chi connectivity index (χ1v) is 4.76. The van der Waals surface area contributed by atoms with Gasteiger partial charge in [0.25, 0.3) is 0 Å². The van der Waals surface area contributed by atoms with Crippen LogP contribution in [0.1, 0.15) is 0 Å². The lowest BCUT2D eigenvalue weighted by Gasteiger charge is -2.17. The monoisotopic (exact) mass is 290 g/mol. The van der Waals surface area contributed by atoms with E-state index in [9.17, 15) is 9.59 Å². The van der Waals surface area contributed by atoms with Crippen molar-refractivity contribution in [3.05, 3.63) is 23.0 Å². The maximum Gasteiger partial charge on any atom is 0.424 e. The molecule has 0 fully saturated rings. The minimum atomic E-state index is -0.931. The number of amides is 2.